The van der Waals surface area contributed by atoms with Gasteiger partial charge < -0.3 is 9.64 Å². The minimum absolute atomic E-state index is 0.397. The number of aromatic nitrogens is 3. The molecule has 8 heteroatoms. The van der Waals surface area contributed by atoms with Crippen molar-refractivity contribution in [3.63, 3.8) is 0 Å². The van der Waals surface area contributed by atoms with Crippen LogP contribution in [0.5, 0.6) is 11.8 Å². The molecule has 0 atom stereocenters. The summed E-state index contributed by atoms with van der Waals surface area (Å²) in [7, 11) is 0. The Morgan fingerprint density at radius 2 is 1.58 bits per heavy atom. The van der Waals surface area contributed by atoms with Crippen LogP contribution < -0.4 is 9.64 Å². The molecule has 33 heavy (non-hydrogen) atoms. The van der Waals surface area contributed by atoms with E-state index in [4.69, 9.17) is 49.5 Å². The number of nitrogens with zero attached hydrogens (tertiary/aromatic N) is 4. The second-order valence-electron chi connectivity index (χ2n) is 7.65. The predicted octanol–water partition coefficient (Wildman–Crippen LogP) is 7.56. The molecular formula is C25H19Cl3N4O. The third-order valence-electron chi connectivity index (χ3n) is 5.41. The number of anilines is 1. The number of pyridine rings is 1. The zero-order valence-electron chi connectivity index (χ0n) is 17.5. The third kappa shape index (κ3) is 4.76. The van der Waals surface area contributed by atoms with Crippen molar-refractivity contribution in [3.05, 3.63) is 81.9 Å². The maximum absolute atomic E-state index is 6.64. The fourth-order valence-corrected chi connectivity index (χ4v) is 4.44. The molecule has 2 aromatic heterocycles. The number of hydrogen-bond donors (Lipinski definition) is 0. The maximum Gasteiger partial charge on any atom is 0.234 e. The number of hydrogen-bond acceptors (Lipinski definition) is 5. The first-order valence-corrected chi connectivity index (χ1v) is 11.7. The van der Waals surface area contributed by atoms with E-state index in [1.54, 1.807) is 24.4 Å². The Kier molecular flexibility index (Phi) is 6.36. The second kappa shape index (κ2) is 9.56. The Balaban J connectivity index is 1.77. The highest BCUT2D eigenvalue weighted by Crippen LogP contribution is 2.43. The predicted molar refractivity (Wildman–Crippen MR) is 134 cm³/mol. The quantitative estimate of drug-likeness (QED) is 0.285. The van der Waals surface area contributed by atoms with Gasteiger partial charge in [0, 0.05) is 41.0 Å². The summed E-state index contributed by atoms with van der Waals surface area (Å²) in [4.78, 5) is 16.3. The summed E-state index contributed by atoms with van der Waals surface area (Å²) in [5.41, 5.74) is 2.94. The highest BCUT2D eigenvalue weighted by atomic mass is 35.5. The van der Waals surface area contributed by atoms with Gasteiger partial charge in [-0.05, 0) is 54.8 Å². The van der Waals surface area contributed by atoms with Gasteiger partial charge in [-0.2, -0.15) is 4.98 Å². The Labute approximate surface area is 206 Å². The van der Waals surface area contributed by atoms with E-state index < -0.39 is 0 Å². The lowest BCUT2D eigenvalue weighted by Gasteiger charge is -2.21. The molecule has 1 saturated heterocycles. The summed E-state index contributed by atoms with van der Waals surface area (Å²) in [6.45, 7) is 1.77. The molecule has 166 valence electrons. The largest absolute Gasteiger partial charge is 0.420 e. The van der Waals surface area contributed by atoms with Crippen molar-refractivity contribution in [3.8, 4) is 34.1 Å². The van der Waals surface area contributed by atoms with Crippen molar-refractivity contribution in [2.45, 2.75) is 12.8 Å². The molecule has 0 amide bonds. The van der Waals surface area contributed by atoms with E-state index in [1.165, 1.54) is 0 Å². The average molecular weight is 498 g/mol. The molecular weight excluding hydrogens is 479 g/mol. The molecule has 1 aliphatic rings. The summed E-state index contributed by atoms with van der Waals surface area (Å²) in [6, 6.07) is 18.3. The van der Waals surface area contributed by atoms with Crippen molar-refractivity contribution in [2.75, 3.05) is 18.0 Å². The lowest BCUT2D eigenvalue weighted by Crippen LogP contribution is -2.21. The van der Waals surface area contributed by atoms with Crippen molar-refractivity contribution in [1.82, 2.24) is 15.0 Å². The zero-order chi connectivity index (χ0) is 22.8. The van der Waals surface area contributed by atoms with Crippen LogP contribution in [-0.4, -0.2) is 28.0 Å². The van der Waals surface area contributed by atoms with Crippen LogP contribution in [0.25, 0.3) is 22.4 Å². The summed E-state index contributed by atoms with van der Waals surface area (Å²) in [5.74, 6) is 1.43. The van der Waals surface area contributed by atoms with E-state index in [0.29, 0.717) is 44.0 Å². The smallest absolute Gasteiger partial charge is 0.234 e. The topological polar surface area (TPSA) is 51.1 Å². The second-order valence-corrected chi connectivity index (χ2v) is 8.93. The van der Waals surface area contributed by atoms with E-state index >= 15 is 0 Å². The van der Waals surface area contributed by atoms with Crippen molar-refractivity contribution < 1.29 is 4.74 Å². The van der Waals surface area contributed by atoms with Crippen LogP contribution in [0.3, 0.4) is 0 Å². The highest BCUT2D eigenvalue weighted by Gasteiger charge is 2.25. The van der Waals surface area contributed by atoms with Crippen LogP contribution in [0, 0.1) is 0 Å². The molecule has 0 radical (unpaired) electrons. The lowest BCUT2D eigenvalue weighted by atomic mass is 10.00. The SMILES string of the molecule is Clc1ccc(-c2c(Oc3ccccn3)nc(N3CCCC3)nc2-c2ccc(Cl)cc2Cl)cc1. The van der Waals surface area contributed by atoms with Crippen molar-refractivity contribution in [1.29, 1.82) is 0 Å². The zero-order valence-corrected chi connectivity index (χ0v) is 19.8. The van der Waals surface area contributed by atoms with Gasteiger partial charge in [0.2, 0.25) is 17.7 Å². The summed E-state index contributed by atoms with van der Waals surface area (Å²) >= 11 is 19.0. The van der Waals surface area contributed by atoms with E-state index in [-0.39, 0.29) is 0 Å². The van der Waals surface area contributed by atoms with Gasteiger partial charge in [-0.3, -0.25) is 0 Å². The molecule has 3 heterocycles. The molecule has 1 aliphatic heterocycles. The highest BCUT2D eigenvalue weighted by molar-refractivity contribution is 6.36. The first-order chi connectivity index (χ1) is 16.1. The summed E-state index contributed by atoms with van der Waals surface area (Å²) < 4.78 is 6.23. The van der Waals surface area contributed by atoms with Gasteiger partial charge in [-0.1, -0.05) is 53.0 Å². The van der Waals surface area contributed by atoms with Gasteiger partial charge in [0.05, 0.1) is 16.3 Å². The average Bonchev–Trinajstić information content (AvgIpc) is 3.35. The molecule has 1 fully saturated rings. The van der Waals surface area contributed by atoms with E-state index in [1.807, 2.05) is 42.5 Å². The lowest BCUT2D eigenvalue weighted by molar-refractivity contribution is 0.445. The molecule has 0 unspecified atom stereocenters. The normalized spacial score (nSPS) is 13.4. The number of benzene rings is 2. The Morgan fingerprint density at radius 1 is 0.818 bits per heavy atom. The van der Waals surface area contributed by atoms with Gasteiger partial charge in [-0.15, -0.1) is 0 Å². The third-order valence-corrected chi connectivity index (χ3v) is 6.21. The van der Waals surface area contributed by atoms with Crippen LogP contribution in [0.4, 0.5) is 5.95 Å². The van der Waals surface area contributed by atoms with Gasteiger partial charge in [0.1, 0.15) is 0 Å². The molecule has 5 nitrogen and oxygen atoms in total. The van der Waals surface area contributed by atoms with Crippen LogP contribution >= 0.6 is 34.8 Å². The molecule has 0 aliphatic carbocycles. The standard InChI is InChI=1S/C25H19Cl3N4O/c26-17-8-6-16(7-9-17)22-23(19-11-10-18(27)15-20(19)28)30-25(32-13-3-4-14-32)31-24(22)33-21-5-1-2-12-29-21/h1-2,5-12,15H,3-4,13-14H2. The first-order valence-electron chi connectivity index (χ1n) is 10.6. The van der Waals surface area contributed by atoms with E-state index in [2.05, 4.69) is 9.88 Å². The van der Waals surface area contributed by atoms with Gasteiger partial charge in [0.15, 0.2) is 0 Å². The van der Waals surface area contributed by atoms with Crippen LogP contribution in [0.1, 0.15) is 12.8 Å². The Bertz CT molecular complexity index is 1280. The van der Waals surface area contributed by atoms with Crippen molar-refractivity contribution >= 4 is 40.8 Å². The Hall–Kier alpha value is -2.86. The van der Waals surface area contributed by atoms with E-state index in [0.717, 1.165) is 37.1 Å². The number of ether oxygens (including phenoxy) is 1. The van der Waals surface area contributed by atoms with Crippen LogP contribution in [-0.2, 0) is 0 Å². The fraction of sp³-hybridized carbons (Fsp3) is 0.160. The fourth-order valence-electron chi connectivity index (χ4n) is 3.82. The minimum atomic E-state index is 0.397. The molecule has 2 aromatic carbocycles. The first kappa shape index (κ1) is 22.0. The molecule has 4 aromatic rings. The number of halogens is 3. The minimum Gasteiger partial charge on any atom is -0.420 e. The monoisotopic (exact) mass is 496 g/mol. The molecule has 0 spiro atoms. The van der Waals surface area contributed by atoms with Gasteiger partial charge in [0.25, 0.3) is 0 Å². The molecule has 5 rings (SSSR count). The van der Waals surface area contributed by atoms with Gasteiger partial charge >= 0.3 is 0 Å². The molecule has 0 bridgehead atoms. The van der Waals surface area contributed by atoms with Crippen molar-refractivity contribution in [2.24, 2.45) is 0 Å². The maximum atomic E-state index is 6.64. The van der Waals surface area contributed by atoms with Crippen LogP contribution in [0.15, 0.2) is 66.9 Å². The van der Waals surface area contributed by atoms with Gasteiger partial charge in [-0.25, -0.2) is 9.97 Å². The molecule has 0 saturated carbocycles. The molecule has 0 N–H and O–H groups in total. The summed E-state index contributed by atoms with van der Waals surface area (Å²) in [5, 5.41) is 1.68. The summed E-state index contributed by atoms with van der Waals surface area (Å²) in [6.07, 6.45) is 3.86. The van der Waals surface area contributed by atoms with E-state index in [9.17, 15) is 0 Å². The Morgan fingerprint density at radius 3 is 2.27 bits per heavy atom. The number of rotatable bonds is 5. The van der Waals surface area contributed by atoms with Crippen LogP contribution in [0.2, 0.25) is 15.1 Å².